The Labute approximate surface area is 295 Å². The fourth-order valence-corrected chi connectivity index (χ4v) is 5.17. The summed E-state index contributed by atoms with van der Waals surface area (Å²) in [6.45, 7) is 5.83. The molecule has 0 bridgehead atoms. The van der Waals surface area contributed by atoms with Crippen LogP contribution in [0.25, 0.3) is 22.5 Å². The summed E-state index contributed by atoms with van der Waals surface area (Å²) in [6.07, 6.45) is 0. The van der Waals surface area contributed by atoms with E-state index in [-0.39, 0.29) is 0 Å². The molecule has 0 aliphatic rings. The van der Waals surface area contributed by atoms with Crippen molar-refractivity contribution in [1.29, 1.82) is 0 Å². The Bertz CT molecular complexity index is 1850. The minimum atomic E-state index is -1.80. The Morgan fingerprint density at radius 2 is 1.00 bits per heavy atom. The molecular formula is C39H40N6O6. The molecule has 1 aromatic heterocycles. The number of benzene rings is 4. The zero-order valence-corrected chi connectivity index (χ0v) is 28.6. The number of carbonyl (C=O) groups is 4. The van der Waals surface area contributed by atoms with Crippen LogP contribution in [0.4, 0.5) is 11.4 Å². The van der Waals surface area contributed by atoms with Gasteiger partial charge in [-0.25, -0.2) is 0 Å². The summed E-state index contributed by atoms with van der Waals surface area (Å²) in [5.41, 5.74) is 1.28. The van der Waals surface area contributed by atoms with E-state index in [1.165, 1.54) is 27.7 Å². The van der Waals surface area contributed by atoms with Crippen LogP contribution in [0.1, 0.15) is 38.8 Å². The van der Waals surface area contributed by atoms with Crippen LogP contribution in [-0.2, 0) is 30.4 Å². The molecule has 5 aromatic rings. The van der Waals surface area contributed by atoms with Gasteiger partial charge < -0.3 is 31.5 Å². The largest absolute Gasteiger partial charge is 0.376 e. The second-order valence-electron chi connectivity index (χ2n) is 12.6. The number of anilines is 2. The van der Waals surface area contributed by atoms with Gasteiger partial charge in [0.25, 0.3) is 11.8 Å². The predicted octanol–water partition coefficient (Wildman–Crippen LogP) is 4.45. The number of aromatic amines is 1. The molecule has 0 saturated heterocycles. The fraction of sp³-hybridized carbons (Fsp3) is 0.205. The van der Waals surface area contributed by atoms with Crippen molar-refractivity contribution in [2.24, 2.45) is 0 Å². The third-order valence-electron chi connectivity index (χ3n) is 8.53. The molecule has 0 unspecified atom stereocenters. The topological polar surface area (TPSA) is 186 Å². The number of aliphatic hydroxyl groups is 2. The normalized spacial score (nSPS) is 14.5. The van der Waals surface area contributed by atoms with Gasteiger partial charge >= 0.3 is 0 Å². The second-order valence-corrected chi connectivity index (χ2v) is 12.6. The maximum Gasteiger partial charge on any atom is 0.256 e. The van der Waals surface area contributed by atoms with Crippen molar-refractivity contribution in [2.75, 3.05) is 10.6 Å². The molecule has 0 aliphatic heterocycles. The van der Waals surface area contributed by atoms with Crippen LogP contribution >= 0.6 is 0 Å². The quantitative estimate of drug-likeness (QED) is 0.101. The van der Waals surface area contributed by atoms with Gasteiger partial charge in [-0.1, -0.05) is 84.9 Å². The molecule has 7 N–H and O–H groups in total. The number of carbonyl (C=O) groups excluding carboxylic acids is 4. The van der Waals surface area contributed by atoms with Gasteiger partial charge in [0.05, 0.1) is 11.4 Å². The van der Waals surface area contributed by atoms with E-state index >= 15 is 0 Å². The average molecular weight is 689 g/mol. The van der Waals surface area contributed by atoms with Crippen LogP contribution in [-0.4, -0.2) is 56.1 Å². The summed E-state index contributed by atoms with van der Waals surface area (Å²) in [7, 11) is 0. The van der Waals surface area contributed by atoms with E-state index in [0.29, 0.717) is 28.2 Å². The molecule has 0 radical (unpaired) electrons. The second kappa shape index (κ2) is 15.2. The van der Waals surface area contributed by atoms with Crippen molar-refractivity contribution < 1.29 is 29.4 Å². The molecule has 12 nitrogen and oxygen atoms in total. The highest BCUT2D eigenvalue weighted by Crippen LogP contribution is 2.27. The molecule has 0 aliphatic carbocycles. The van der Waals surface area contributed by atoms with Crippen LogP contribution in [0.5, 0.6) is 0 Å². The Morgan fingerprint density at radius 3 is 1.41 bits per heavy atom. The zero-order chi connectivity index (χ0) is 36.8. The summed E-state index contributed by atoms with van der Waals surface area (Å²) < 4.78 is 0. The first kappa shape index (κ1) is 36.2. The van der Waals surface area contributed by atoms with Crippen molar-refractivity contribution >= 4 is 35.0 Å². The van der Waals surface area contributed by atoms with Crippen molar-refractivity contribution in [3.05, 3.63) is 126 Å². The number of nitrogens with zero attached hydrogens (tertiary/aromatic N) is 1. The van der Waals surface area contributed by atoms with E-state index in [1.807, 2.05) is 18.2 Å². The van der Waals surface area contributed by atoms with Gasteiger partial charge in [0.1, 0.15) is 12.1 Å². The average Bonchev–Trinajstić information content (AvgIpc) is 3.63. The molecule has 4 atom stereocenters. The minimum absolute atomic E-state index is 0.415. The SMILES string of the molecule is C[C@H](NC(=O)[C@](C)(O)c1ccccc1)C(=O)Nc1ccc(-c2cc(-c3ccc(NC(=O)[C@H](C)NC(=O)[C@@](C)(O)c4ccccc4)cc3)[nH]n2)cc1. The third-order valence-corrected chi connectivity index (χ3v) is 8.53. The van der Waals surface area contributed by atoms with Crippen molar-refractivity contribution in [3.8, 4) is 22.5 Å². The van der Waals surface area contributed by atoms with Gasteiger partial charge in [-0.2, -0.15) is 5.10 Å². The van der Waals surface area contributed by atoms with Crippen molar-refractivity contribution in [3.63, 3.8) is 0 Å². The van der Waals surface area contributed by atoms with Gasteiger partial charge in [-0.3, -0.25) is 24.3 Å². The Kier molecular flexibility index (Phi) is 10.8. The van der Waals surface area contributed by atoms with Gasteiger partial charge in [-0.05, 0) is 74.7 Å². The lowest BCUT2D eigenvalue weighted by Gasteiger charge is -2.25. The number of aromatic nitrogens is 2. The van der Waals surface area contributed by atoms with Gasteiger partial charge in [-0.15, -0.1) is 0 Å². The van der Waals surface area contributed by atoms with Crippen LogP contribution in [0.15, 0.2) is 115 Å². The van der Waals surface area contributed by atoms with Crippen LogP contribution in [0, 0.1) is 0 Å². The van der Waals surface area contributed by atoms with Crippen molar-refractivity contribution in [2.45, 2.75) is 51.0 Å². The lowest BCUT2D eigenvalue weighted by molar-refractivity contribution is -0.141. The smallest absolute Gasteiger partial charge is 0.256 e. The van der Waals surface area contributed by atoms with Gasteiger partial charge in [0, 0.05) is 16.9 Å². The van der Waals surface area contributed by atoms with E-state index in [1.54, 1.807) is 97.1 Å². The summed E-state index contributed by atoms with van der Waals surface area (Å²) in [5.74, 6) is -2.27. The summed E-state index contributed by atoms with van der Waals surface area (Å²) in [5, 5.41) is 39.6. The highest BCUT2D eigenvalue weighted by molar-refractivity contribution is 5.99. The number of amides is 4. The van der Waals surface area contributed by atoms with E-state index in [4.69, 9.17) is 0 Å². The molecule has 0 spiro atoms. The Morgan fingerprint density at radius 1 is 0.608 bits per heavy atom. The highest BCUT2D eigenvalue weighted by atomic mass is 16.3. The number of rotatable bonds is 12. The molecule has 0 saturated carbocycles. The fourth-order valence-electron chi connectivity index (χ4n) is 5.17. The monoisotopic (exact) mass is 688 g/mol. The number of hydrogen-bond donors (Lipinski definition) is 7. The Hall–Kier alpha value is -6.11. The maximum atomic E-state index is 12.8. The number of nitrogens with one attached hydrogen (secondary N) is 5. The van der Waals surface area contributed by atoms with E-state index in [2.05, 4.69) is 31.5 Å². The first-order chi connectivity index (χ1) is 24.3. The number of hydrogen-bond acceptors (Lipinski definition) is 7. The lowest BCUT2D eigenvalue weighted by atomic mass is 9.95. The maximum absolute atomic E-state index is 12.8. The van der Waals surface area contributed by atoms with Crippen molar-refractivity contribution in [1.82, 2.24) is 20.8 Å². The van der Waals surface area contributed by atoms with E-state index in [9.17, 15) is 29.4 Å². The highest BCUT2D eigenvalue weighted by Gasteiger charge is 2.35. The molecule has 4 amide bonds. The molecular weight excluding hydrogens is 648 g/mol. The van der Waals surface area contributed by atoms with E-state index < -0.39 is 46.9 Å². The standard InChI is InChI=1S/C39H40N6O6/c1-24(40-36(48)38(3,50)28-11-7-5-8-12-28)34(46)42-30-19-15-26(16-20-30)32-23-33(45-44-32)27-17-21-31(22-18-27)43-35(47)25(2)41-37(49)39(4,51)29-13-9-6-10-14-29/h5-25,50-51H,1-4H3,(H,40,48)(H,41,49)(H,42,46)(H,43,47)(H,44,45)/t24-,25-,38-,39+/m0/s1. The minimum Gasteiger partial charge on any atom is -0.376 e. The first-order valence-corrected chi connectivity index (χ1v) is 16.3. The van der Waals surface area contributed by atoms with E-state index in [0.717, 1.165) is 16.8 Å². The summed E-state index contributed by atoms with van der Waals surface area (Å²) in [6, 6.07) is 31.2. The number of H-pyrrole nitrogens is 1. The summed E-state index contributed by atoms with van der Waals surface area (Å²) in [4.78, 5) is 51.1. The molecule has 12 heteroatoms. The Balaban J connectivity index is 1.13. The molecule has 262 valence electrons. The molecule has 5 rings (SSSR count). The zero-order valence-electron chi connectivity index (χ0n) is 28.6. The molecule has 51 heavy (non-hydrogen) atoms. The summed E-state index contributed by atoms with van der Waals surface area (Å²) >= 11 is 0. The van der Waals surface area contributed by atoms with Gasteiger partial charge in [0.15, 0.2) is 11.2 Å². The van der Waals surface area contributed by atoms with Crippen LogP contribution < -0.4 is 21.3 Å². The van der Waals surface area contributed by atoms with Crippen LogP contribution in [0.3, 0.4) is 0 Å². The third kappa shape index (κ3) is 8.55. The molecule has 4 aromatic carbocycles. The lowest BCUT2D eigenvalue weighted by Crippen LogP contribution is -2.49. The van der Waals surface area contributed by atoms with Gasteiger partial charge in [0.2, 0.25) is 11.8 Å². The predicted molar refractivity (Wildman–Crippen MR) is 194 cm³/mol. The molecule has 0 fully saturated rings. The first-order valence-electron chi connectivity index (χ1n) is 16.3. The molecule has 1 heterocycles. The van der Waals surface area contributed by atoms with Crippen LogP contribution in [0.2, 0.25) is 0 Å².